The maximum absolute atomic E-state index is 12.6. The zero-order valence-electron chi connectivity index (χ0n) is 9.01. The molecule has 0 radical (unpaired) electrons. The second kappa shape index (κ2) is 4.74. The SMILES string of the molecule is CCc1cc(O)ccc1C(OC)C(F)(F)F. The smallest absolute Gasteiger partial charge is 0.418 e. The number of hydrogen-bond donors (Lipinski definition) is 1. The molecule has 0 aromatic heterocycles. The molecule has 1 atom stereocenters. The van der Waals surface area contributed by atoms with E-state index in [4.69, 9.17) is 0 Å². The van der Waals surface area contributed by atoms with Crippen LogP contribution in [0.5, 0.6) is 5.75 Å². The van der Waals surface area contributed by atoms with Crippen LogP contribution >= 0.6 is 0 Å². The minimum Gasteiger partial charge on any atom is -0.508 e. The van der Waals surface area contributed by atoms with E-state index in [2.05, 4.69) is 4.74 Å². The molecule has 5 heteroatoms. The van der Waals surface area contributed by atoms with Crippen molar-refractivity contribution in [2.75, 3.05) is 7.11 Å². The highest BCUT2D eigenvalue weighted by molar-refractivity contribution is 5.36. The van der Waals surface area contributed by atoms with Crippen molar-refractivity contribution in [1.29, 1.82) is 0 Å². The van der Waals surface area contributed by atoms with Crippen molar-refractivity contribution < 1.29 is 23.0 Å². The third-order valence-electron chi connectivity index (χ3n) is 2.32. The number of ether oxygens (including phenoxy) is 1. The van der Waals surface area contributed by atoms with Gasteiger partial charge in [-0.15, -0.1) is 0 Å². The van der Waals surface area contributed by atoms with Crippen LogP contribution in [0.15, 0.2) is 18.2 Å². The van der Waals surface area contributed by atoms with Gasteiger partial charge in [-0.3, -0.25) is 0 Å². The van der Waals surface area contributed by atoms with Crippen LogP contribution in [0, 0.1) is 0 Å². The topological polar surface area (TPSA) is 29.5 Å². The Morgan fingerprint density at radius 3 is 2.44 bits per heavy atom. The van der Waals surface area contributed by atoms with Crippen molar-refractivity contribution >= 4 is 0 Å². The summed E-state index contributed by atoms with van der Waals surface area (Å²) in [6.07, 6.45) is -5.99. The molecule has 1 N–H and O–H groups in total. The lowest BCUT2D eigenvalue weighted by Gasteiger charge is -2.21. The van der Waals surface area contributed by atoms with Crippen LogP contribution in [0.4, 0.5) is 13.2 Å². The van der Waals surface area contributed by atoms with Gasteiger partial charge in [-0.1, -0.05) is 13.0 Å². The monoisotopic (exact) mass is 234 g/mol. The first-order valence-corrected chi connectivity index (χ1v) is 4.81. The number of phenols is 1. The van der Waals surface area contributed by atoms with E-state index >= 15 is 0 Å². The van der Waals surface area contributed by atoms with E-state index in [1.807, 2.05) is 0 Å². The zero-order valence-corrected chi connectivity index (χ0v) is 9.01. The molecule has 0 aliphatic carbocycles. The number of halogens is 3. The van der Waals surface area contributed by atoms with E-state index in [-0.39, 0.29) is 11.3 Å². The fraction of sp³-hybridized carbons (Fsp3) is 0.455. The van der Waals surface area contributed by atoms with E-state index in [9.17, 15) is 18.3 Å². The van der Waals surface area contributed by atoms with Crippen molar-refractivity contribution in [2.24, 2.45) is 0 Å². The van der Waals surface area contributed by atoms with Crippen LogP contribution in [0.3, 0.4) is 0 Å². The second-order valence-corrected chi connectivity index (χ2v) is 3.39. The predicted octanol–water partition coefficient (Wildman–Crippen LogP) is 3.20. The fourth-order valence-corrected chi connectivity index (χ4v) is 1.59. The number of alkyl halides is 3. The molecule has 0 amide bonds. The summed E-state index contributed by atoms with van der Waals surface area (Å²) in [6, 6.07) is 3.80. The number of benzene rings is 1. The molecule has 0 bridgehead atoms. The number of hydrogen-bond acceptors (Lipinski definition) is 2. The standard InChI is InChI=1S/C11H13F3O2/c1-3-7-6-8(15)4-5-9(7)10(16-2)11(12,13)14/h4-6,10,15H,3H2,1-2H3. The van der Waals surface area contributed by atoms with Gasteiger partial charge in [0.15, 0.2) is 6.10 Å². The molecule has 16 heavy (non-hydrogen) atoms. The first-order chi connectivity index (χ1) is 7.40. The third-order valence-corrected chi connectivity index (χ3v) is 2.32. The average molecular weight is 234 g/mol. The largest absolute Gasteiger partial charge is 0.508 e. The number of methoxy groups -OCH3 is 1. The van der Waals surface area contributed by atoms with Gasteiger partial charge >= 0.3 is 6.18 Å². The third kappa shape index (κ3) is 2.66. The van der Waals surface area contributed by atoms with Crippen molar-refractivity contribution in [1.82, 2.24) is 0 Å². The van der Waals surface area contributed by atoms with Crippen molar-refractivity contribution in [3.8, 4) is 5.75 Å². The number of aryl methyl sites for hydroxylation is 1. The van der Waals surface area contributed by atoms with E-state index in [1.165, 1.54) is 18.2 Å². The minimum atomic E-state index is -4.45. The fourth-order valence-electron chi connectivity index (χ4n) is 1.59. The average Bonchev–Trinajstić information content (AvgIpc) is 2.19. The van der Waals surface area contributed by atoms with E-state index in [0.29, 0.717) is 12.0 Å². The van der Waals surface area contributed by atoms with Crippen LogP contribution in [0.25, 0.3) is 0 Å². The molecule has 0 saturated heterocycles. The van der Waals surface area contributed by atoms with Gasteiger partial charge in [-0.2, -0.15) is 13.2 Å². The zero-order chi connectivity index (χ0) is 12.3. The molecule has 1 aromatic carbocycles. The van der Waals surface area contributed by atoms with Crippen molar-refractivity contribution in [3.63, 3.8) is 0 Å². The maximum Gasteiger partial charge on any atom is 0.418 e. The van der Waals surface area contributed by atoms with Gasteiger partial charge < -0.3 is 9.84 Å². The minimum absolute atomic E-state index is 0.0439. The van der Waals surface area contributed by atoms with E-state index in [0.717, 1.165) is 7.11 Å². The van der Waals surface area contributed by atoms with Gasteiger partial charge in [0.05, 0.1) is 0 Å². The van der Waals surface area contributed by atoms with Gasteiger partial charge in [0.2, 0.25) is 0 Å². The normalized spacial score (nSPS) is 13.8. The molecular formula is C11H13F3O2. The summed E-state index contributed by atoms with van der Waals surface area (Å²) < 4.78 is 42.4. The highest BCUT2D eigenvalue weighted by Gasteiger charge is 2.42. The lowest BCUT2D eigenvalue weighted by atomic mass is 9.99. The summed E-state index contributed by atoms with van der Waals surface area (Å²) in [5.74, 6) is -0.0439. The molecule has 1 aromatic rings. The van der Waals surface area contributed by atoms with Gasteiger partial charge in [0.25, 0.3) is 0 Å². The Bertz CT molecular complexity index is 361. The molecule has 90 valence electrons. The van der Waals surface area contributed by atoms with Crippen LogP contribution in [-0.2, 0) is 11.2 Å². The van der Waals surface area contributed by atoms with Crippen molar-refractivity contribution in [2.45, 2.75) is 25.6 Å². The summed E-state index contributed by atoms with van der Waals surface area (Å²) in [5.41, 5.74) is 0.486. The molecule has 0 aliphatic heterocycles. The lowest BCUT2D eigenvalue weighted by Crippen LogP contribution is -2.23. The Labute approximate surface area is 91.7 Å². The molecule has 1 unspecified atom stereocenters. The van der Waals surface area contributed by atoms with Gasteiger partial charge in [0.1, 0.15) is 5.75 Å². The highest BCUT2D eigenvalue weighted by Crippen LogP contribution is 2.37. The Morgan fingerprint density at radius 1 is 1.38 bits per heavy atom. The summed E-state index contributed by atoms with van der Waals surface area (Å²) in [5, 5.41) is 9.20. The number of aromatic hydroxyl groups is 1. The van der Waals surface area contributed by atoms with E-state index < -0.39 is 12.3 Å². The lowest BCUT2D eigenvalue weighted by molar-refractivity contribution is -0.216. The predicted molar refractivity (Wildman–Crippen MR) is 53.3 cm³/mol. The molecule has 0 saturated carbocycles. The Morgan fingerprint density at radius 2 is 2.00 bits per heavy atom. The molecule has 0 heterocycles. The first kappa shape index (κ1) is 12.8. The number of rotatable bonds is 3. The Hall–Kier alpha value is -1.23. The van der Waals surface area contributed by atoms with Crippen molar-refractivity contribution in [3.05, 3.63) is 29.3 Å². The van der Waals surface area contributed by atoms with Gasteiger partial charge in [-0.25, -0.2) is 0 Å². The summed E-state index contributed by atoms with van der Waals surface area (Å²) in [7, 11) is 1.02. The van der Waals surface area contributed by atoms with Crippen LogP contribution < -0.4 is 0 Å². The summed E-state index contributed by atoms with van der Waals surface area (Å²) in [6.45, 7) is 1.72. The molecule has 0 aliphatic rings. The van der Waals surface area contributed by atoms with Crippen LogP contribution in [-0.4, -0.2) is 18.4 Å². The maximum atomic E-state index is 12.6. The summed E-state index contributed by atoms with van der Waals surface area (Å²) in [4.78, 5) is 0. The number of phenolic OH excluding ortho intramolecular Hbond substituents is 1. The molecule has 1 rings (SSSR count). The van der Waals surface area contributed by atoms with Crippen LogP contribution in [0.2, 0.25) is 0 Å². The molecular weight excluding hydrogens is 221 g/mol. The molecule has 0 fully saturated rings. The summed E-state index contributed by atoms with van der Waals surface area (Å²) >= 11 is 0. The Balaban J connectivity index is 3.20. The Kier molecular flexibility index (Phi) is 3.80. The van der Waals surface area contributed by atoms with E-state index in [1.54, 1.807) is 6.92 Å². The first-order valence-electron chi connectivity index (χ1n) is 4.81. The van der Waals surface area contributed by atoms with Gasteiger partial charge in [0, 0.05) is 7.11 Å². The van der Waals surface area contributed by atoms with Crippen LogP contribution in [0.1, 0.15) is 24.2 Å². The molecule has 2 nitrogen and oxygen atoms in total. The quantitative estimate of drug-likeness (QED) is 0.870. The molecule has 0 spiro atoms. The van der Waals surface area contributed by atoms with Gasteiger partial charge in [-0.05, 0) is 29.7 Å². The second-order valence-electron chi connectivity index (χ2n) is 3.39. The highest BCUT2D eigenvalue weighted by atomic mass is 19.4.